The van der Waals surface area contributed by atoms with Gasteiger partial charge < -0.3 is 29.9 Å². The molecular formula is C35H64O7. The lowest BCUT2D eigenvalue weighted by Crippen LogP contribution is -2.27. The summed E-state index contributed by atoms with van der Waals surface area (Å²) in [7, 11) is 0. The van der Waals surface area contributed by atoms with Gasteiger partial charge in [-0.3, -0.25) is 0 Å². The molecule has 7 nitrogen and oxygen atoms in total. The molecule has 0 aromatic heterocycles. The van der Waals surface area contributed by atoms with E-state index >= 15 is 0 Å². The molecule has 0 amide bonds. The zero-order valence-electron chi connectivity index (χ0n) is 26.9. The predicted molar refractivity (Wildman–Crippen MR) is 168 cm³/mol. The molecule has 2 heterocycles. The Morgan fingerprint density at radius 2 is 1.31 bits per heavy atom. The van der Waals surface area contributed by atoms with Gasteiger partial charge in [0.15, 0.2) is 0 Å². The van der Waals surface area contributed by atoms with Gasteiger partial charge >= 0.3 is 5.97 Å². The third-order valence-corrected chi connectivity index (χ3v) is 9.14. The summed E-state index contributed by atoms with van der Waals surface area (Å²) >= 11 is 0. The van der Waals surface area contributed by atoms with Gasteiger partial charge in [-0.05, 0) is 57.9 Å². The highest BCUT2D eigenvalue weighted by atomic mass is 16.5. The van der Waals surface area contributed by atoms with Crippen molar-refractivity contribution in [3.63, 3.8) is 0 Å². The minimum Gasteiger partial charge on any atom is -0.455 e. The van der Waals surface area contributed by atoms with E-state index < -0.39 is 18.3 Å². The first kappa shape index (κ1) is 37.2. The van der Waals surface area contributed by atoms with Gasteiger partial charge in [-0.15, -0.1) is 0 Å². The van der Waals surface area contributed by atoms with E-state index in [9.17, 15) is 25.2 Å². The van der Waals surface area contributed by atoms with Gasteiger partial charge in [-0.1, -0.05) is 103 Å². The van der Waals surface area contributed by atoms with Crippen LogP contribution in [0.5, 0.6) is 0 Å². The SMILES string of the molecule is CCCCCCCCCCCCCC[C@H](O)[C@H]1CC[C@@H](CCCCC[C@@H](O)[C@H](O)CC[C@@H](O)CC2=C[C@H](C)OC2=O)O1. The Balaban J connectivity index is 1.41. The van der Waals surface area contributed by atoms with Crippen molar-refractivity contribution < 1.29 is 34.7 Å². The maximum atomic E-state index is 11.7. The van der Waals surface area contributed by atoms with Crippen molar-refractivity contribution in [1.82, 2.24) is 0 Å². The summed E-state index contributed by atoms with van der Waals surface area (Å²) in [5.41, 5.74) is 0.483. The van der Waals surface area contributed by atoms with Gasteiger partial charge in [-0.2, -0.15) is 0 Å². The lowest BCUT2D eigenvalue weighted by Gasteiger charge is -2.20. The number of aliphatic hydroxyl groups is 4. The minimum absolute atomic E-state index is 0.0194. The molecule has 0 radical (unpaired) electrons. The lowest BCUT2D eigenvalue weighted by atomic mass is 9.97. The Labute approximate surface area is 256 Å². The van der Waals surface area contributed by atoms with E-state index in [-0.39, 0.29) is 36.8 Å². The molecule has 0 unspecified atom stereocenters. The molecule has 2 aliphatic heterocycles. The third-order valence-electron chi connectivity index (χ3n) is 9.14. The highest BCUT2D eigenvalue weighted by Gasteiger charge is 2.30. The fraction of sp³-hybridized carbons (Fsp3) is 0.914. The molecule has 0 spiro atoms. The van der Waals surface area contributed by atoms with Crippen LogP contribution < -0.4 is 0 Å². The molecule has 0 bridgehead atoms. The zero-order chi connectivity index (χ0) is 30.6. The summed E-state index contributed by atoms with van der Waals surface area (Å²) in [5, 5.41) is 41.4. The summed E-state index contributed by atoms with van der Waals surface area (Å²) < 4.78 is 11.2. The number of unbranched alkanes of at least 4 members (excludes halogenated alkanes) is 13. The average molecular weight is 597 g/mol. The van der Waals surface area contributed by atoms with Gasteiger partial charge in [0.2, 0.25) is 0 Å². The highest BCUT2D eigenvalue weighted by molar-refractivity contribution is 5.90. The summed E-state index contributed by atoms with van der Waals surface area (Å²) in [6, 6.07) is 0. The quantitative estimate of drug-likeness (QED) is 0.0624. The van der Waals surface area contributed by atoms with Crippen LogP contribution in [0.2, 0.25) is 0 Å². The number of hydrogen-bond acceptors (Lipinski definition) is 7. The van der Waals surface area contributed by atoms with Crippen LogP contribution in [0.3, 0.4) is 0 Å². The Kier molecular flexibility index (Phi) is 19.9. The predicted octanol–water partition coefficient (Wildman–Crippen LogP) is 7.06. The molecule has 0 aromatic rings. The second-order valence-electron chi connectivity index (χ2n) is 13.1. The molecule has 1 fully saturated rings. The Morgan fingerprint density at radius 1 is 0.738 bits per heavy atom. The maximum Gasteiger partial charge on any atom is 0.334 e. The van der Waals surface area contributed by atoms with Crippen molar-refractivity contribution in [2.45, 2.75) is 204 Å². The van der Waals surface area contributed by atoms with E-state index in [1.165, 1.54) is 70.6 Å². The smallest absolute Gasteiger partial charge is 0.334 e. The summed E-state index contributed by atoms with van der Waals surface area (Å²) in [5.74, 6) is -0.383. The normalized spacial score (nSPS) is 23.5. The minimum atomic E-state index is -0.881. The molecule has 0 saturated carbocycles. The summed E-state index contributed by atoms with van der Waals surface area (Å²) in [6.07, 6.45) is 22.7. The zero-order valence-corrected chi connectivity index (χ0v) is 26.9. The largest absolute Gasteiger partial charge is 0.455 e. The van der Waals surface area contributed by atoms with Crippen LogP contribution in [0.1, 0.15) is 162 Å². The number of carbonyl (C=O) groups is 1. The number of rotatable bonds is 26. The number of carbonyl (C=O) groups excluding carboxylic acids is 1. The molecule has 246 valence electrons. The number of aliphatic hydroxyl groups excluding tert-OH is 4. The molecule has 1 saturated heterocycles. The number of cyclic esters (lactones) is 1. The van der Waals surface area contributed by atoms with Crippen molar-refractivity contribution in [1.29, 1.82) is 0 Å². The van der Waals surface area contributed by atoms with Crippen LogP contribution in [-0.2, 0) is 14.3 Å². The first-order chi connectivity index (χ1) is 20.3. The number of esters is 1. The molecule has 42 heavy (non-hydrogen) atoms. The summed E-state index contributed by atoms with van der Waals surface area (Å²) in [6.45, 7) is 4.05. The van der Waals surface area contributed by atoms with Crippen LogP contribution >= 0.6 is 0 Å². The van der Waals surface area contributed by atoms with Gasteiger partial charge in [0, 0.05) is 12.0 Å². The number of ether oxygens (including phenoxy) is 2. The van der Waals surface area contributed by atoms with E-state index in [2.05, 4.69) is 6.92 Å². The van der Waals surface area contributed by atoms with Crippen LogP contribution in [-0.4, -0.2) is 69.1 Å². The molecule has 2 aliphatic rings. The van der Waals surface area contributed by atoms with Crippen molar-refractivity contribution in [2.75, 3.05) is 0 Å². The first-order valence-electron chi connectivity index (χ1n) is 17.6. The van der Waals surface area contributed by atoms with Crippen LogP contribution in [0.15, 0.2) is 11.6 Å². The molecule has 0 aliphatic carbocycles. The first-order valence-corrected chi connectivity index (χ1v) is 17.6. The van der Waals surface area contributed by atoms with Crippen LogP contribution in [0, 0.1) is 0 Å². The van der Waals surface area contributed by atoms with Crippen molar-refractivity contribution in [2.24, 2.45) is 0 Å². The second kappa shape index (κ2) is 22.5. The van der Waals surface area contributed by atoms with Gasteiger partial charge in [0.25, 0.3) is 0 Å². The van der Waals surface area contributed by atoms with Gasteiger partial charge in [0.1, 0.15) is 6.10 Å². The van der Waals surface area contributed by atoms with Gasteiger partial charge in [-0.25, -0.2) is 4.79 Å². The van der Waals surface area contributed by atoms with Crippen molar-refractivity contribution in [3.8, 4) is 0 Å². The highest BCUT2D eigenvalue weighted by Crippen LogP contribution is 2.28. The Bertz CT molecular complexity index is 726. The van der Waals surface area contributed by atoms with E-state index in [0.29, 0.717) is 24.8 Å². The van der Waals surface area contributed by atoms with Crippen LogP contribution in [0.25, 0.3) is 0 Å². The molecular weight excluding hydrogens is 532 g/mol. The Hall–Kier alpha value is -0.990. The fourth-order valence-electron chi connectivity index (χ4n) is 6.40. The molecule has 7 heteroatoms. The molecule has 7 atom stereocenters. The molecule has 2 rings (SSSR count). The monoisotopic (exact) mass is 596 g/mol. The van der Waals surface area contributed by atoms with E-state index in [4.69, 9.17) is 9.47 Å². The average Bonchev–Trinajstić information content (AvgIpc) is 3.57. The van der Waals surface area contributed by atoms with Crippen molar-refractivity contribution >= 4 is 5.97 Å². The second-order valence-corrected chi connectivity index (χ2v) is 13.1. The molecule has 4 N–H and O–H groups in total. The maximum absolute atomic E-state index is 11.7. The van der Waals surface area contributed by atoms with E-state index in [1.54, 1.807) is 13.0 Å². The fourth-order valence-corrected chi connectivity index (χ4v) is 6.40. The van der Waals surface area contributed by atoms with E-state index in [0.717, 1.165) is 51.4 Å². The molecule has 0 aromatic carbocycles. The van der Waals surface area contributed by atoms with Crippen molar-refractivity contribution in [3.05, 3.63) is 11.6 Å². The summed E-state index contributed by atoms with van der Waals surface area (Å²) in [4.78, 5) is 11.7. The third kappa shape index (κ3) is 16.2. The van der Waals surface area contributed by atoms with Crippen LogP contribution in [0.4, 0.5) is 0 Å². The topological polar surface area (TPSA) is 116 Å². The number of hydrogen-bond donors (Lipinski definition) is 4. The standard InChI is InChI=1S/C35H64O7/c1-3-4-5-6-7-8-9-10-11-12-13-16-20-33(39)34-24-22-30(42-34)18-15-14-17-19-31(37)32(38)23-21-29(36)26-28-25-27(2)41-35(28)40/h25,27,29-34,36-39H,3-24,26H2,1-2H3/t27-,29+,30+,31+,32+,33-,34+/m0/s1. The van der Waals surface area contributed by atoms with E-state index in [1.807, 2.05) is 0 Å². The Morgan fingerprint density at radius 3 is 1.93 bits per heavy atom. The van der Waals surface area contributed by atoms with Gasteiger partial charge in [0.05, 0.1) is 36.6 Å². The lowest BCUT2D eigenvalue weighted by molar-refractivity contribution is -0.139.